The lowest BCUT2D eigenvalue weighted by molar-refractivity contribution is 0.411. The molecule has 4 heteroatoms. The normalized spacial score (nSPS) is 29.3. The molecule has 0 spiro atoms. The van der Waals surface area contributed by atoms with Gasteiger partial charge in [-0.15, -0.1) is 0 Å². The highest BCUT2D eigenvalue weighted by Gasteiger charge is 2.25. The molecule has 3 atom stereocenters. The summed E-state index contributed by atoms with van der Waals surface area (Å²) in [6, 6.07) is 1.06. The zero-order valence-corrected chi connectivity index (χ0v) is 9.47. The lowest BCUT2D eigenvalue weighted by Gasteiger charge is -2.21. The molecule has 3 nitrogen and oxygen atoms in total. The number of aromatic nitrogens is 2. The Morgan fingerprint density at radius 3 is 3.07 bits per heavy atom. The van der Waals surface area contributed by atoms with Crippen molar-refractivity contribution in [3.63, 3.8) is 0 Å². The molecule has 2 rings (SSSR count). The number of hydrogen-bond donors (Lipinski definition) is 2. The number of H-pyrrole nitrogens is 1. The van der Waals surface area contributed by atoms with Gasteiger partial charge in [-0.3, -0.25) is 5.10 Å². The SMILES string of the molecule is CC(NC1CSCC1C)c1cn[nH]c1. The van der Waals surface area contributed by atoms with Crippen LogP contribution >= 0.6 is 11.8 Å². The Labute approximate surface area is 89.1 Å². The summed E-state index contributed by atoms with van der Waals surface area (Å²) in [6.45, 7) is 4.51. The Morgan fingerprint density at radius 2 is 2.50 bits per heavy atom. The summed E-state index contributed by atoms with van der Waals surface area (Å²) in [5, 5.41) is 10.5. The first kappa shape index (κ1) is 10.1. The fraction of sp³-hybridized carbons (Fsp3) is 0.700. The molecule has 3 unspecified atom stereocenters. The second-order valence-corrected chi connectivity index (χ2v) is 5.12. The Bertz CT molecular complexity index is 273. The lowest BCUT2D eigenvalue weighted by Crippen LogP contribution is -2.35. The predicted molar refractivity (Wildman–Crippen MR) is 60.4 cm³/mol. The minimum absolute atomic E-state index is 0.403. The van der Waals surface area contributed by atoms with Crippen LogP contribution in [-0.2, 0) is 0 Å². The molecular formula is C10H17N3S. The molecular weight excluding hydrogens is 194 g/mol. The third-order valence-electron chi connectivity index (χ3n) is 2.85. The number of rotatable bonds is 3. The van der Waals surface area contributed by atoms with Crippen molar-refractivity contribution < 1.29 is 0 Å². The van der Waals surface area contributed by atoms with E-state index in [0.29, 0.717) is 12.1 Å². The molecule has 0 amide bonds. The first-order valence-corrected chi connectivity index (χ1v) is 6.25. The summed E-state index contributed by atoms with van der Waals surface area (Å²) in [7, 11) is 0. The van der Waals surface area contributed by atoms with Crippen molar-refractivity contribution in [3.05, 3.63) is 18.0 Å². The summed E-state index contributed by atoms with van der Waals surface area (Å²) >= 11 is 2.04. The van der Waals surface area contributed by atoms with Crippen molar-refractivity contribution >= 4 is 11.8 Å². The van der Waals surface area contributed by atoms with E-state index in [0.717, 1.165) is 5.92 Å². The van der Waals surface area contributed by atoms with E-state index < -0.39 is 0 Å². The van der Waals surface area contributed by atoms with Crippen LogP contribution in [0.3, 0.4) is 0 Å². The number of nitrogens with zero attached hydrogens (tertiary/aromatic N) is 1. The maximum absolute atomic E-state index is 3.97. The van der Waals surface area contributed by atoms with Gasteiger partial charge in [-0.05, 0) is 18.6 Å². The van der Waals surface area contributed by atoms with E-state index in [9.17, 15) is 0 Å². The van der Waals surface area contributed by atoms with Gasteiger partial charge in [0.05, 0.1) is 6.20 Å². The highest BCUT2D eigenvalue weighted by molar-refractivity contribution is 7.99. The van der Waals surface area contributed by atoms with Gasteiger partial charge in [-0.2, -0.15) is 16.9 Å². The highest BCUT2D eigenvalue weighted by Crippen LogP contribution is 2.25. The first-order chi connectivity index (χ1) is 6.77. The van der Waals surface area contributed by atoms with Crippen LogP contribution in [0.25, 0.3) is 0 Å². The summed E-state index contributed by atoms with van der Waals surface area (Å²) in [5.74, 6) is 3.31. The topological polar surface area (TPSA) is 40.7 Å². The second kappa shape index (κ2) is 4.36. The molecule has 14 heavy (non-hydrogen) atoms. The third-order valence-corrected chi connectivity index (χ3v) is 4.20. The highest BCUT2D eigenvalue weighted by atomic mass is 32.2. The van der Waals surface area contributed by atoms with Crippen molar-refractivity contribution in [1.82, 2.24) is 15.5 Å². The van der Waals surface area contributed by atoms with Crippen LogP contribution in [0.4, 0.5) is 0 Å². The smallest absolute Gasteiger partial charge is 0.0534 e. The van der Waals surface area contributed by atoms with Crippen LogP contribution in [0.15, 0.2) is 12.4 Å². The molecule has 1 aliphatic heterocycles. The molecule has 1 aromatic heterocycles. The average Bonchev–Trinajstić information content (AvgIpc) is 2.77. The van der Waals surface area contributed by atoms with Crippen LogP contribution in [0.1, 0.15) is 25.5 Å². The Hall–Kier alpha value is -0.480. The summed E-state index contributed by atoms with van der Waals surface area (Å²) < 4.78 is 0. The minimum Gasteiger partial charge on any atom is -0.306 e. The van der Waals surface area contributed by atoms with E-state index in [1.165, 1.54) is 17.1 Å². The lowest BCUT2D eigenvalue weighted by atomic mass is 10.0. The number of hydrogen-bond acceptors (Lipinski definition) is 3. The first-order valence-electron chi connectivity index (χ1n) is 5.10. The molecule has 0 aliphatic carbocycles. The predicted octanol–water partition coefficient (Wildman–Crippen LogP) is 1.81. The van der Waals surface area contributed by atoms with Crippen molar-refractivity contribution in [2.45, 2.75) is 25.9 Å². The summed E-state index contributed by atoms with van der Waals surface area (Å²) in [4.78, 5) is 0. The number of nitrogens with one attached hydrogen (secondary N) is 2. The Balaban J connectivity index is 1.91. The summed E-state index contributed by atoms with van der Waals surface area (Å²) in [6.07, 6.45) is 3.86. The van der Waals surface area contributed by atoms with Gasteiger partial charge in [0.1, 0.15) is 0 Å². The van der Waals surface area contributed by atoms with Crippen LogP contribution < -0.4 is 5.32 Å². The quantitative estimate of drug-likeness (QED) is 0.801. The van der Waals surface area contributed by atoms with Gasteiger partial charge in [0, 0.05) is 29.6 Å². The molecule has 0 saturated carbocycles. The van der Waals surface area contributed by atoms with E-state index in [-0.39, 0.29) is 0 Å². The van der Waals surface area contributed by atoms with E-state index in [1.54, 1.807) is 0 Å². The monoisotopic (exact) mass is 211 g/mol. The average molecular weight is 211 g/mol. The van der Waals surface area contributed by atoms with Crippen LogP contribution in [0.5, 0.6) is 0 Å². The van der Waals surface area contributed by atoms with Crippen molar-refractivity contribution in [2.24, 2.45) is 5.92 Å². The van der Waals surface area contributed by atoms with Crippen LogP contribution in [-0.4, -0.2) is 27.7 Å². The van der Waals surface area contributed by atoms with Gasteiger partial charge in [-0.1, -0.05) is 6.92 Å². The zero-order chi connectivity index (χ0) is 9.97. The molecule has 2 heterocycles. The second-order valence-electron chi connectivity index (χ2n) is 4.04. The Morgan fingerprint density at radius 1 is 1.64 bits per heavy atom. The fourth-order valence-electron chi connectivity index (χ4n) is 1.79. The van der Waals surface area contributed by atoms with Gasteiger partial charge in [-0.25, -0.2) is 0 Å². The van der Waals surface area contributed by atoms with Gasteiger partial charge in [0.15, 0.2) is 0 Å². The molecule has 1 fully saturated rings. The van der Waals surface area contributed by atoms with Crippen LogP contribution in [0, 0.1) is 5.92 Å². The molecule has 2 N–H and O–H groups in total. The standard InChI is InChI=1S/C10H17N3S/c1-7-5-14-6-10(7)13-8(2)9-3-11-12-4-9/h3-4,7-8,10,13H,5-6H2,1-2H3,(H,11,12). The largest absolute Gasteiger partial charge is 0.306 e. The number of thioether (sulfide) groups is 1. The van der Waals surface area contributed by atoms with E-state index in [1.807, 2.05) is 24.2 Å². The van der Waals surface area contributed by atoms with Crippen molar-refractivity contribution in [2.75, 3.05) is 11.5 Å². The number of aromatic amines is 1. The molecule has 0 aromatic carbocycles. The minimum atomic E-state index is 0.403. The van der Waals surface area contributed by atoms with Crippen molar-refractivity contribution in [1.29, 1.82) is 0 Å². The van der Waals surface area contributed by atoms with Gasteiger partial charge in [0.2, 0.25) is 0 Å². The fourth-order valence-corrected chi connectivity index (χ4v) is 3.21. The Kier molecular flexibility index (Phi) is 3.13. The molecule has 1 aliphatic rings. The molecule has 0 bridgehead atoms. The van der Waals surface area contributed by atoms with Crippen molar-refractivity contribution in [3.8, 4) is 0 Å². The summed E-state index contributed by atoms with van der Waals surface area (Å²) in [5.41, 5.74) is 1.24. The molecule has 78 valence electrons. The maximum atomic E-state index is 3.97. The molecule has 0 radical (unpaired) electrons. The van der Waals surface area contributed by atoms with Crippen LogP contribution in [0.2, 0.25) is 0 Å². The van der Waals surface area contributed by atoms with E-state index in [2.05, 4.69) is 29.4 Å². The van der Waals surface area contributed by atoms with Gasteiger partial charge >= 0.3 is 0 Å². The molecule has 1 saturated heterocycles. The van der Waals surface area contributed by atoms with Gasteiger partial charge < -0.3 is 5.32 Å². The molecule has 1 aromatic rings. The van der Waals surface area contributed by atoms with Gasteiger partial charge in [0.25, 0.3) is 0 Å². The van der Waals surface area contributed by atoms with E-state index in [4.69, 9.17) is 0 Å². The zero-order valence-electron chi connectivity index (χ0n) is 8.66. The maximum Gasteiger partial charge on any atom is 0.0534 e. The third kappa shape index (κ3) is 2.12. The van der Waals surface area contributed by atoms with E-state index >= 15 is 0 Å².